The maximum Gasteiger partial charge on any atom is 0.246 e. The van der Waals surface area contributed by atoms with Gasteiger partial charge in [-0.15, -0.1) is 0 Å². The lowest BCUT2D eigenvalue weighted by molar-refractivity contribution is 0.396. The Hall–Kier alpha value is -1.73. The average molecular weight is 337 g/mol. The van der Waals surface area contributed by atoms with Crippen molar-refractivity contribution < 1.29 is 12.8 Å². The molecule has 0 bridgehead atoms. The largest absolute Gasteiger partial charge is 0.269 e. The molecule has 1 aromatic carbocycles. The first-order chi connectivity index (χ1) is 10.9. The number of halogens is 1. The number of sulfonamides is 1. The van der Waals surface area contributed by atoms with Gasteiger partial charge in [0.15, 0.2) is 0 Å². The molecule has 7 heteroatoms. The minimum Gasteiger partial charge on any atom is -0.269 e. The van der Waals surface area contributed by atoms with Crippen molar-refractivity contribution in [1.29, 1.82) is 0 Å². The third-order valence-corrected chi connectivity index (χ3v) is 6.03. The van der Waals surface area contributed by atoms with Crippen LogP contribution in [0.5, 0.6) is 0 Å². The molecule has 23 heavy (non-hydrogen) atoms. The van der Waals surface area contributed by atoms with Crippen molar-refractivity contribution in [2.24, 2.45) is 0 Å². The predicted octanol–water partition coefficient (Wildman–Crippen LogP) is 3.13. The SMILES string of the molecule is CC(C)n1cc(S(=O)(=O)N2CCC[C@H]2c2ccc(F)cc2)cn1. The summed E-state index contributed by atoms with van der Waals surface area (Å²) in [5.74, 6) is -0.320. The van der Waals surface area contributed by atoms with Crippen LogP contribution in [-0.2, 0) is 10.0 Å². The highest BCUT2D eigenvalue weighted by Gasteiger charge is 2.36. The fourth-order valence-electron chi connectivity index (χ4n) is 2.92. The van der Waals surface area contributed by atoms with Crippen LogP contribution in [-0.4, -0.2) is 29.0 Å². The van der Waals surface area contributed by atoms with Crippen LogP contribution in [0.4, 0.5) is 4.39 Å². The highest BCUT2D eigenvalue weighted by Crippen LogP contribution is 2.36. The van der Waals surface area contributed by atoms with Gasteiger partial charge in [-0.1, -0.05) is 12.1 Å². The zero-order chi connectivity index (χ0) is 16.6. The fraction of sp³-hybridized carbons (Fsp3) is 0.438. The van der Waals surface area contributed by atoms with Crippen LogP contribution in [0.2, 0.25) is 0 Å². The zero-order valence-electron chi connectivity index (χ0n) is 13.2. The molecule has 0 spiro atoms. The van der Waals surface area contributed by atoms with Crippen molar-refractivity contribution in [2.75, 3.05) is 6.54 Å². The smallest absolute Gasteiger partial charge is 0.246 e. The van der Waals surface area contributed by atoms with Gasteiger partial charge in [-0.05, 0) is 44.4 Å². The Balaban J connectivity index is 1.92. The van der Waals surface area contributed by atoms with Crippen LogP contribution in [0, 0.1) is 5.82 Å². The molecule has 0 aliphatic carbocycles. The van der Waals surface area contributed by atoms with Gasteiger partial charge < -0.3 is 0 Å². The first-order valence-corrected chi connectivity index (χ1v) is 9.15. The molecule has 0 unspecified atom stereocenters. The van der Waals surface area contributed by atoms with Gasteiger partial charge in [0.25, 0.3) is 0 Å². The molecule has 0 N–H and O–H groups in total. The molecule has 124 valence electrons. The molecule has 1 aromatic heterocycles. The van der Waals surface area contributed by atoms with Gasteiger partial charge in [0.1, 0.15) is 10.7 Å². The Kier molecular flexibility index (Phi) is 4.25. The lowest BCUT2D eigenvalue weighted by Crippen LogP contribution is -2.30. The van der Waals surface area contributed by atoms with Gasteiger partial charge in [-0.3, -0.25) is 4.68 Å². The fourth-order valence-corrected chi connectivity index (χ4v) is 4.54. The first-order valence-electron chi connectivity index (χ1n) is 7.71. The van der Waals surface area contributed by atoms with E-state index in [1.54, 1.807) is 23.0 Å². The van der Waals surface area contributed by atoms with Crippen molar-refractivity contribution in [3.63, 3.8) is 0 Å². The second-order valence-corrected chi connectivity index (χ2v) is 7.97. The number of rotatable bonds is 4. The summed E-state index contributed by atoms with van der Waals surface area (Å²) in [7, 11) is -3.60. The van der Waals surface area contributed by atoms with Crippen LogP contribution in [0.3, 0.4) is 0 Å². The third-order valence-electron chi connectivity index (χ3n) is 4.17. The molecule has 1 saturated heterocycles. The van der Waals surface area contributed by atoms with E-state index in [4.69, 9.17) is 0 Å². The molecule has 1 fully saturated rings. The number of hydrogen-bond acceptors (Lipinski definition) is 3. The molecule has 1 aliphatic heterocycles. The minimum absolute atomic E-state index is 0.102. The lowest BCUT2D eigenvalue weighted by Gasteiger charge is -2.23. The Morgan fingerprint density at radius 2 is 1.96 bits per heavy atom. The minimum atomic E-state index is -3.60. The van der Waals surface area contributed by atoms with E-state index in [0.29, 0.717) is 6.54 Å². The maximum absolute atomic E-state index is 13.1. The van der Waals surface area contributed by atoms with Crippen LogP contribution in [0.25, 0.3) is 0 Å². The first kappa shape index (κ1) is 16.1. The topological polar surface area (TPSA) is 55.2 Å². The molecule has 0 amide bonds. The Bertz CT molecular complexity index is 784. The average Bonchev–Trinajstić information content (AvgIpc) is 3.18. The molecular weight excluding hydrogens is 317 g/mol. The van der Waals surface area contributed by atoms with Crippen molar-refractivity contribution >= 4 is 10.0 Å². The zero-order valence-corrected chi connectivity index (χ0v) is 14.0. The maximum atomic E-state index is 13.1. The van der Waals surface area contributed by atoms with Crippen LogP contribution in [0.15, 0.2) is 41.6 Å². The van der Waals surface area contributed by atoms with Gasteiger partial charge in [0, 0.05) is 18.8 Å². The molecular formula is C16H20FN3O2S. The summed E-state index contributed by atoms with van der Waals surface area (Å²) in [6.45, 7) is 4.36. The summed E-state index contributed by atoms with van der Waals surface area (Å²) >= 11 is 0. The summed E-state index contributed by atoms with van der Waals surface area (Å²) in [5, 5.41) is 4.12. The van der Waals surface area contributed by atoms with Crippen molar-refractivity contribution in [3.8, 4) is 0 Å². The van der Waals surface area contributed by atoms with Gasteiger partial charge in [0.2, 0.25) is 10.0 Å². The molecule has 3 rings (SSSR count). The molecule has 2 heterocycles. The number of nitrogens with zero attached hydrogens (tertiary/aromatic N) is 3. The number of hydrogen-bond donors (Lipinski definition) is 0. The highest BCUT2D eigenvalue weighted by molar-refractivity contribution is 7.89. The van der Waals surface area contributed by atoms with E-state index in [9.17, 15) is 12.8 Å². The Labute approximate surface area is 135 Å². The molecule has 5 nitrogen and oxygen atoms in total. The van der Waals surface area contributed by atoms with E-state index in [1.807, 2.05) is 13.8 Å². The second kappa shape index (κ2) is 6.05. The quantitative estimate of drug-likeness (QED) is 0.861. The van der Waals surface area contributed by atoms with E-state index < -0.39 is 10.0 Å². The summed E-state index contributed by atoms with van der Waals surface area (Å²) in [6, 6.07) is 5.91. The summed E-state index contributed by atoms with van der Waals surface area (Å²) in [6.07, 6.45) is 4.50. The summed E-state index contributed by atoms with van der Waals surface area (Å²) in [5.41, 5.74) is 0.823. The van der Waals surface area contributed by atoms with Gasteiger partial charge in [0.05, 0.1) is 12.2 Å². The van der Waals surface area contributed by atoms with Crippen molar-refractivity contribution in [1.82, 2.24) is 14.1 Å². The Morgan fingerprint density at radius 1 is 1.26 bits per heavy atom. The van der Waals surface area contributed by atoms with Crippen molar-refractivity contribution in [2.45, 2.75) is 43.7 Å². The van der Waals surface area contributed by atoms with Crippen LogP contribution in [0.1, 0.15) is 44.3 Å². The lowest BCUT2D eigenvalue weighted by atomic mass is 10.1. The molecule has 1 aliphatic rings. The predicted molar refractivity (Wildman–Crippen MR) is 84.9 cm³/mol. The molecule has 0 saturated carbocycles. The molecule has 2 aromatic rings. The van der Waals surface area contributed by atoms with Crippen LogP contribution >= 0.6 is 0 Å². The normalized spacial score (nSPS) is 19.6. The van der Waals surface area contributed by atoms with E-state index in [1.165, 1.54) is 22.6 Å². The van der Waals surface area contributed by atoms with E-state index in [2.05, 4.69) is 5.10 Å². The number of aromatic nitrogens is 2. The monoisotopic (exact) mass is 337 g/mol. The van der Waals surface area contributed by atoms with Gasteiger partial charge in [-0.25, -0.2) is 12.8 Å². The van der Waals surface area contributed by atoms with E-state index in [0.717, 1.165) is 18.4 Å². The van der Waals surface area contributed by atoms with E-state index >= 15 is 0 Å². The Morgan fingerprint density at radius 3 is 2.57 bits per heavy atom. The molecule has 0 radical (unpaired) electrons. The van der Waals surface area contributed by atoms with E-state index in [-0.39, 0.29) is 22.8 Å². The standard InChI is InChI=1S/C16H20FN3O2S/c1-12(2)19-11-15(10-18-19)23(21,22)20-9-3-4-16(20)13-5-7-14(17)8-6-13/h5-8,10-12,16H,3-4,9H2,1-2H3/t16-/m0/s1. The van der Waals surface area contributed by atoms with Crippen molar-refractivity contribution in [3.05, 3.63) is 48.0 Å². The van der Waals surface area contributed by atoms with Gasteiger partial charge >= 0.3 is 0 Å². The summed E-state index contributed by atoms with van der Waals surface area (Å²) < 4.78 is 42.1. The second-order valence-electron chi connectivity index (χ2n) is 6.08. The highest BCUT2D eigenvalue weighted by atomic mass is 32.2. The third kappa shape index (κ3) is 3.03. The molecule has 1 atom stereocenters. The van der Waals surface area contributed by atoms with Crippen LogP contribution < -0.4 is 0 Å². The summed E-state index contributed by atoms with van der Waals surface area (Å²) in [4.78, 5) is 0.209. The number of benzene rings is 1. The van der Waals surface area contributed by atoms with Gasteiger partial charge in [-0.2, -0.15) is 9.40 Å².